The van der Waals surface area contributed by atoms with Crippen LogP contribution in [0.3, 0.4) is 0 Å². The van der Waals surface area contributed by atoms with E-state index >= 15 is 0 Å². The summed E-state index contributed by atoms with van der Waals surface area (Å²) in [6.45, 7) is 4.60. The number of nitrogens with one attached hydrogen (secondary N) is 3. The van der Waals surface area contributed by atoms with Gasteiger partial charge in [0, 0.05) is 32.7 Å². The maximum atomic E-state index is 11.6. The summed E-state index contributed by atoms with van der Waals surface area (Å²) in [7, 11) is 2.08. The van der Waals surface area contributed by atoms with Crippen molar-refractivity contribution in [2.75, 3.05) is 27.7 Å². The highest BCUT2D eigenvalue weighted by Crippen LogP contribution is 2.09. The molecule has 0 heterocycles. The Hall–Kier alpha value is -2.42. The number of benzene rings is 2. The molecule has 170 valence electrons. The lowest BCUT2D eigenvalue weighted by Crippen LogP contribution is -2.39. The Labute approximate surface area is 187 Å². The van der Waals surface area contributed by atoms with Crippen molar-refractivity contribution in [1.82, 2.24) is 20.3 Å². The van der Waals surface area contributed by atoms with Crippen LogP contribution in [0.4, 0.5) is 0 Å². The summed E-state index contributed by atoms with van der Waals surface area (Å²) in [5.41, 5.74) is 3.13. The van der Waals surface area contributed by atoms with Crippen LogP contribution in [-0.4, -0.2) is 53.0 Å². The minimum absolute atomic E-state index is 0.0165. The molecule has 0 fully saturated rings. The first kappa shape index (κ1) is 24.8. The van der Waals surface area contributed by atoms with E-state index in [-0.39, 0.29) is 5.75 Å². The molecule has 1 atom stereocenters. The van der Waals surface area contributed by atoms with Gasteiger partial charge in [0.05, 0.1) is 5.75 Å². The molecule has 0 spiro atoms. The molecule has 2 aromatic rings. The first-order chi connectivity index (χ1) is 14.8. The third-order valence-electron chi connectivity index (χ3n) is 5.26. The zero-order chi connectivity index (χ0) is 22.7. The number of hydrogen-bond donors (Lipinski definition) is 3. The Morgan fingerprint density at radius 3 is 2.26 bits per heavy atom. The molecule has 0 aliphatic heterocycles. The van der Waals surface area contributed by atoms with Crippen LogP contribution in [-0.2, 0) is 28.9 Å². The first-order valence-electron chi connectivity index (χ1n) is 10.5. The lowest BCUT2D eigenvalue weighted by atomic mass is 10.1. The summed E-state index contributed by atoms with van der Waals surface area (Å²) >= 11 is 0. The molecule has 0 bridgehead atoms. The van der Waals surface area contributed by atoms with Crippen LogP contribution in [0.5, 0.6) is 0 Å². The summed E-state index contributed by atoms with van der Waals surface area (Å²) in [4.78, 5) is 6.63. The number of aliphatic imine (C=N–C) groups is 1. The van der Waals surface area contributed by atoms with E-state index < -0.39 is 10.0 Å². The number of rotatable bonds is 11. The Morgan fingerprint density at radius 1 is 1.00 bits per heavy atom. The summed E-state index contributed by atoms with van der Waals surface area (Å²) in [6, 6.07) is 18.5. The second-order valence-corrected chi connectivity index (χ2v) is 9.60. The quantitative estimate of drug-likeness (QED) is 0.365. The predicted octanol–water partition coefficient (Wildman–Crippen LogP) is 2.31. The number of hydrogen-bond acceptors (Lipinski definition) is 4. The molecule has 0 amide bonds. The van der Waals surface area contributed by atoms with Gasteiger partial charge in [-0.05, 0) is 44.1 Å². The van der Waals surface area contributed by atoms with E-state index in [0.29, 0.717) is 12.6 Å². The molecule has 2 rings (SSSR count). The highest BCUT2D eigenvalue weighted by atomic mass is 32.2. The maximum absolute atomic E-state index is 11.6. The molecular formula is C23H35N5O2S. The summed E-state index contributed by atoms with van der Waals surface area (Å²) < 4.78 is 25.6. The van der Waals surface area contributed by atoms with Gasteiger partial charge in [-0.2, -0.15) is 0 Å². The van der Waals surface area contributed by atoms with Gasteiger partial charge in [-0.15, -0.1) is 0 Å². The lowest BCUT2D eigenvalue weighted by Gasteiger charge is -2.25. The van der Waals surface area contributed by atoms with Gasteiger partial charge in [0.1, 0.15) is 0 Å². The molecule has 0 saturated carbocycles. The Balaban J connectivity index is 1.73. The van der Waals surface area contributed by atoms with E-state index in [4.69, 9.17) is 0 Å². The smallest absolute Gasteiger partial charge is 0.215 e. The normalized spacial score (nSPS) is 13.3. The van der Waals surface area contributed by atoms with Crippen molar-refractivity contribution in [3.63, 3.8) is 0 Å². The van der Waals surface area contributed by atoms with Crippen LogP contribution < -0.4 is 15.4 Å². The Kier molecular flexibility index (Phi) is 9.97. The van der Waals surface area contributed by atoms with Gasteiger partial charge in [0.2, 0.25) is 10.0 Å². The van der Waals surface area contributed by atoms with Crippen LogP contribution in [0.2, 0.25) is 0 Å². The number of guanidine groups is 1. The van der Waals surface area contributed by atoms with Crippen LogP contribution in [0.25, 0.3) is 0 Å². The zero-order valence-electron chi connectivity index (χ0n) is 18.9. The molecule has 3 N–H and O–H groups in total. The van der Waals surface area contributed by atoms with E-state index in [1.807, 2.05) is 30.3 Å². The van der Waals surface area contributed by atoms with E-state index in [9.17, 15) is 8.42 Å². The first-order valence-corrected chi connectivity index (χ1v) is 12.2. The topological polar surface area (TPSA) is 85.8 Å². The molecule has 0 radical (unpaired) electrons. The maximum Gasteiger partial charge on any atom is 0.215 e. The Bertz CT molecular complexity index is 915. The third kappa shape index (κ3) is 9.08. The fourth-order valence-electron chi connectivity index (χ4n) is 3.10. The van der Waals surface area contributed by atoms with Gasteiger partial charge in [-0.1, -0.05) is 54.6 Å². The molecule has 31 heavy (non-hydrogen) atoms. The molecule has 2 aromatic carbocycles. The molecule has 0 aliphatic carbocycles. The van der Waals surface area contributed by atoms with Crippen molar-refractivity contribution in [3.8, 4) is 0 Å². The lowest BCUT2D eigenvalue weighted by molar-refractivity contribution is 0.238. The van der Waals surface area contributed by atoms with E-state index in [0.717, 1.165) is 36.6 Å². The average molecular weight is 446 g/mol. The molecular weight excluding hydrogens is 410 g/mol. The number of nitrogens with zero attached hydrogens (tertiary/aromatic N) is 2. The highest BCUT2D eigenvalue weighted by Gasteiger charge is 2.10. The van der Waals surface area contributed by atoms with Crippen molar-refractivity contribution < 1.29 is 8.42 Å². The minimum atomic E-state index is -3.25. The number of sulfonamides is 1. The fourth-order valence-corrected chi connectivity index (χ4v) is 3.87. The second kappa shape index (κ2) is 12.4. The summed E-state index contributed by atoms with van der Waals surface area (Å²) in [6.07, 6.45) is 0.999. The van der Waals surface area contributed by atoms with Crippen LogP contribution in [0, 0.1) is 0 Å². The molecule has 0 aliphatic rings. The highest BCUT2D eigenvalue weighted by molar-refractivity contribution is 7.88. The van der Waals surface area contributed by atoms with Crippen molar-refractivity contribution in [1.29, 1.82) is 0 Å². The van der Waals surface area contributed by atoms with Crippen molar-refractivity contribution >= 4 is 16.0 Å². The van der Waals surface area contributed by atoms with Gasteiger partial charge in [0.25, 0.3) is 0 Å². The van der Waals surface area contributed by atoms with Crippen molar-refractivity contribution in [3.05, 3.63) is 71.3 Å². The van der Waals surface area contributed by atoms with Crippen LogP contribution in [0.15, 0.2) is 59.6 Å². The second-order valence-electron chi connectivity index (χ2n) is 7.67. The van der Waals surface area contributed by atoms with E-state index in [1.54, 1.807) is 7.05 Å². The monoisotopic (exact) mass is 445 g/mol. The van der Waals surface area contributed by atoms with Gasteiger partial charge < -0.3 is 10.6 Å². The Morgan fingerprint density at radius 2 is 1.65 bits per heavy atom. The SMILES string of the molecule is CN=C(NCCC(C)N(C)Cc1ccccc1)NCc1ccc(CS(=O)(=O)NC)cc1. The average Bonchev–Trinajstić information content (AvgIpc) is 2.77. The van der Waals surface area contributed by atoms with Gasteiger partial charge in [-0.25, -0.2) is 13.1 Å². The summed E-state index contributed by atoms with van der Waals surface area (Å²) in [5.74, 6) is 0.733. The van der Waals surface area contributed by atoms with Gasteiger partial charge >= 0.3 is 0 Å². The molecule has 8 heteroatoms. The van der Waals surface area contributed by atoms with Crippen LogP contribution >= 0.6 is 0 Å². The molecule has 1 unspecified atom stereocenters. The molecule has 0 saturated heterocycles. The minimum Gasteiger partial charge on any atom is -0.356 e. The van der Waals surface area contributed by atoms with E-state index in [1.165, 1.54) is 12.6 Å². The summed E-state index contributed by atoms with van der Waals surface area (Å²) in [5, 5.41) is 6.67. The van der Waals surface area contributed by atoms with Crippen molar-refractivity contribution in [2.24, 2.45) is 4.99 Å². The zero-order valence-corrected chi connectivity index (χ0v) is 19.7. The standard InChI is InChI=1S/C23H35N5O2S/c1-19(28(4)17-21-8-6-5-7-9-21)14-15-26-23(24-2)27-16-20-10-12-22(13-11-20)18-31(29,30)25-3/h5-13,19,25H,14-18H2,1-4H3,(H2,24,26,27). The fraction of sp³-hybridized carbons (Fsp3) is 0.435. The predicted molar refractivity (Wildman–Crippen MR) is 128 cm³/mol. The van der Waals surface area contributed by atoms with E-state index in [2.05, 4.69) is 63.5 Å². The molecule has 0 aromatic heterocycles. The van der Waals surface area contributed by atoms with Gasteiger partial charge in [-0.3, -0.25) is 9.89 Å². The largest absolute Gasteiger partial charge is 0.356 e. The molecule has 7 nitrogen and oxygen atoms in total. The van der Waals surface area contributed by atoms with Crippen molar-refractivity contribution in [2.45, 2.75) is 38.2 Å². The third-order valence-corrected chi connectivity index (χ3v) is 6.59. The van der Waals surface area contributed by atoms with Gasteiger partial charge in [0.15, 0.2) is 5.96 Å². The van der Waals surface area contributed by atoms with Crippen LogP contribution in [0.1, 0.15) is 30.0 Å².